The summed E-state index contributed by atoms with van der Waals surface area (Å²) in [6.07, 6.45) is 0. The van der Waals surface area contributed by atoms with E-state index in [1.54, 1.807) is 25.1 Å². The highest BCUT2D eigenvalue weighted by Gasteiger charge is 2.12. The van der Waals surface area contributed by atoms with Crippen LogP contribution in [0.3, 0.4) is 0 Å². The van der Waals surface area contributed by atoms with Gasteiger partial charge in [-0.15, -0.1) is 0 Å². The van der Waals surface area contributed by atoms with Gasteiger partial charge in [-0.2, -0.15) is 0 Å². The van der Waals surface area contributed by atoms with Gasteiger partial charge in [-0.3, -0.25) is 10.1 Å². The number of nitro benzene ring substituents is 1. The summed E-state index contributed by atoms with van der Waals surface area (Å²) in [5.41, 5.74) is 7.01. The number of nitrogens with zero attached hydrogens (tertiary/aromatic N) is 1. The summed E-state index contributed by atoms with van der Waals surface area (Å²) in [4.78, 5) is 10.3. The van der Waals surface area contributed by atoms with Crippen molar-refractivity contribution >= 4 is 17.3 Å². The van der Waals surface area contributed by atoms with Crippen LogP contribution in [0.25, 0.3) is 0 Å². The van der Waals surface area contributed by atoms with Crippen LogP contribution in [0.2, 0.25) is 5.02 Å². The fourth-order valence-electron chi connectivity index (χ4n) is 1.78. The molecule has 0 saturated heterocycles. The quantitative estimate of drug-likeness (QED) is 0.686. The summed E-state index contributed by atoms with van der Waals surface area (Å²) in [6.45, 7) is 2.06. The standard InChI is InChI=1S/C14H13ClN2O3/c1-9-6-11(3-4-13(9)17(18)19)20-14-5-2-10(8-16)7-12(14)15/h2-7H,8,16H2,1H3. The van der Waals surface area contributed by atoms with Crippen LogP contribution >= 0.6 is 11.6 Å². The summed E-state index contributed by atoms with van der Waals surface area (Å²) in [7, 11) is 0. The van der Waals surface area contributed by atoms with E-state index in [2.05, 4.69) is 0 Å². The molecule has 0 fully saturated rings. The molecule has 0 radical (unpaired) electrons. The van der Waals surface area contributed by atoms with Crippen LogP contribution in [0.4, 0.5) is 5.69 Å². The van der Waals surface area contributed by atoms with Gasteiger partial charge in [0.15, 0.2) is 0 Å². The molecule has 0 amide bonds. The smallest absolute Gasteiger partial charge is 0.272 e. The highest BCUT2D eigenvalue weighted by molar-refractivity contribution is 6.32. The zero-order valence-corrected chi connectivity index (χ0v) is 11.6. The molecule has 2 aromatic carbocycles. The highest BCUT2D eigenvalue weighted by atomic mass is 35.5. The minimum Gasteiger partial charge on any atom is -0.456 e. The lowest BCUT2D eigenvalue weighted by atomic mass is 10.2. The van der Waals surface area contributed by atoms with Crippen molar-refractivity contribution in [2.24, 2.45) is 5.73 Å². The van der Waals surface area contributed by atoms with Crippen LogP contribution in [-0.2, 0) is 6.54 Å². The van der Waals surface area contributed by atoms with Crippen molar-refractivity contribution in [3.05, 3.63) is 62.7 Å². The van der Waals surface area contributed by atoms with Gasteiger partial charge in [-0.25, -0.2) is 0 Å². The van der Waals surface area contributed by atoms with Gasteiger partial charge < -0.3 is 10.5 Å². The molecule has 0 atom stereocenters. The van der Waals surface area contributed by atoms with Gasteiger partial charge in [0.25, 0.3) is 5.69 Å². The van der Waals surface area contributed by atoms with Crippen molar-refractivity contribution in [1.82, 2.24) is 0 Å². The van der Waals surface area contributed by atoms with E-state index in [1.165, 1.54) is 12.1 Å². The number of hydrogen-bond donors (Lipinski definition) is 1. The SMILES string of the molecule is Cc1cc(Oc2ccc(CN)cc2Cl)ccc1[N+](=O)[O-]. The first-order valence-electron chi connectivity index (χ1n) is 5.92. The number of nitro groups is 1. The molecule has 0 bridgehead atoms. The number of ether oxygens (including phenoxy) is 1. The monoisotopic (exact) mass is 292 g/mol. The molecule has 0 heterocycles. The minimum absolute atomic E-state index is 0.0573. The van der Waals surface area contributed by atoms with E-state index in [-0.39, 0.29) is 5.69 Å². The summed E-state index contributed by atoms with van der Waals surface area (Å²) in [6, 6.07) is 9.83. The molecule has 0 spiro atoms. The van der Waals surface area contributed by atoms with Gasteiger partial charge in [-0.1, -0.05) is 17.7 Å². The largest absolute Gasteiger partial charge is 0.456 e. The number of rotatable bonds is 4. The first-order chi connectivity index (χ1) is 9.51. The Kier molecular flexibility index (Phi) is 4.22. The molecule has 20 heavy (non-hydrogen) atoms. The second kappa shape index (κ2) is 5.90. The second-order valence-corrected chi connectivity index (χ2v) is 4.68. The molecule has 0 aliphatic heterocycles. The van der Waals surface area contributed by atoms with E-state index in [0.717, 1.165) is 5.56 Å². The van der Waals surface area contributed by atoms with E-state index in [0.29, 0.717) is 28.6 Å². The van der Waals surface area contributed by atoms with Crippen LogP contribution in [0, 0.1) is 17.0 Å². The maximum absolute atomic E-state index is 10.7. The van der Waals surface area contributed by atoms with Gasteiger partial charge in [0.1, 0.15) is 11.5 Å². The molecule has 2 rings (SSSR count). The number of benzene rings is 2. The molecule has 0 unspecified atom stereocenters. The molecule has 0 saturated carbocycles. The van der Waals surface area contributed by atoms with Gasteiger partial charge in [0.05, 0.1) is 9.95 Å². The van der Waals surface area contributed by atoms with Crippen molar-refractivity contribution in [2.45, 2.75) is 13.5 Å². The van der Waals surface area contributed by atoms with Gasteiger partial charge >= 0.3 is 0 Å². The molecule has 6 heteroatoms. The first-order valence-corrected chi connectivity index (χ1v) is 6.30. The predicted octanol–water partition coefficient (Wildman–Crippen LogP) is 3.81. The van der Waals surface area contributed by atoms with Gasteiger partial charge in [-0.05, 0) is 36.8 Å². The summed E-state index contributed by atoms with van der Waals surface area (Å²) < 4.78 is 5.63. The number of hydrogen-bond acceptors (Lipinski definition) is 4. The Morgan fingerprint density at radius 1 is 1.30 bits per heavy atom. The van der Waals surface area contributed by atoms with E-state index in [1.807, 2.05) is 6.07 Å². The van der Waals surface area contributed by atoms with E-state index < -0.39 is 4.92 Å². The van der Waals surface area contributed by atoms with E-state index in [9.17, 15) is 10.1 Å². The molecule has 2 aromatic rings. The average molecular weight is 293 g/mol. The molecule has 0 aliphatic rings. The molecule has 5 nitrogen and oxygen atoms in total. The lowest BCUT2D eigenvalue weighted by Gasteiger charge is -2.09. The Labute approximate surface area is 121 Å². The molecular weight excluding hydrogens is 280 g/mol. The lowest BCUT2D eigenvalue weighted by Crippen LogP contribution is -1.96. The highest BCUT2D eigenvalue weighted by Crippen LogP contribution is 2.32. The Balaban J connectivity index is 2.26. The van der Waals surface area contributed by atoms with E-state index >= 15 is 0 Å². The van der Waals surface area contributed by atoms with Crippen molar-refractivity contribution in [3.63, 3.8) is 0 Å². The Bertz CT molecular complexity index is 659. The molecule has 0 aliphatic carbocycles. The topological polar surface area (TPSA) is 78.4 Å². The number of nitrogens with two attached hydrogens (primary N) is 1. The molecule has 2 N–H and O–H groups in total. The fourth-order valence-corrected chi connectivity index (χ4v) is 2.02. The lowest BCUT2D eigenvalue weighted by molar-refractivity contribution is -0.385. The molecular formula is C14H13ClN2O3. The van der Waals surface area contributed by atoms with Crippen LogP contribution in [0.1, 0.15) is 11.1 Å². The zero-order chi connectivity index (χ0) is 14.7. The third-order valence-corrected chi connectivity index (χ3v) is 3.12. The Morgan fingerprint density at radius 3 is 2.60 bits per heavy atom. The Hall–Kier alpha value is -2.11. The average Bonchev–Trinajstić information content (AvgIpc) is 2.40. The Morgan fingerprint density at radius 2 is 2.05 bits per heavy atom. The third kappa shape index (κ3) is 3.07. The maximum atomic E-state index is 10.7. The maximum Gasteiger partial charge on any atom is 0.272 e. The predicted molar refractivity (Wildman–Crippen MR) is 77.3 cm³/mol. The zero-order valence-electron chi connectivity index (χ0n) is 10.8. The summed E-state index contributed by atoms with van der Waals surface area (Å²) in [5.74, 6) is 0.979. The molecule has 0 aromatic heterocycles. The number of aryl methyl sites for hydroxylation is 1. The molecule has 104 valence electrons. The van der Waals surface area contributed by atoms with E-state index in [4.69, 9.17) is 22.1 Å². The van der Waals surface area contributed by atoms with Crippen LogP contribution in [0.15, 0.2) is 36.4 Å². The number of halogens is 1. The summed E-state index contributed by atoms with van der Waals surface area (Å²) >= 11 is 6.09. The van der Waals surface area contributed by atoms with Crippen molar-refractivity contribution in [1.29, 1.82) is 0 Å². The third-order valence-electron chi connectivity index (χ3n) is 2.82. The van der Waals surface area contributed by atoms with Gasteiger partial charge in [0.2, 0.25) is 0 Å². The van der Waals surface area contributed by atoms with Crippen molar-refractivity contribution in [3.8, 4) is 11.5 Å². The summed E-state index contributed by atoms with van der Waals surface area (Å²) in [5, 5.41) is 11.2. The second-order valence-electron chi connectivity index (χ2n) is 4.28. The normalized spacial score (nSPS) is 10.3. The van der Waals surface area contributed by atoms with Crippen molar-refractivity contribution < 1.29 is 9.66 Å². The van der Waals surface area contributed by atoms with Gasteiger partial charge in [0, 0.05) is 18.2 Å². The van der Waals surface area contributed by atoms with Crippen LogP contribution in [0.5, 0.6) is 11.5 Å². The van der Waals surface area contributed by atoms with Crippen molar-refractivity contribution in [2.75, 3.05) is 0 Å². The minimum atomic E-state index is -0.428. The van der Waals surface area contributed by atoms with Crippen LogP contribution in [-0.4, -0.2) is 4.92 Å². The van der Waals surface area contributed by atoms with Crippen LogP contribution < -0.4 is 10.5 Å². The first kappa shape index (κ1) is 14.3. The fraction of sp³-hybridized carbons (Fsp3) is 0.143.